The Morgan fingerprint density at radius 3 is 2.44 bits per heavy atom. The number of amides is 1. The van der Waals surface area contributed by atoms with Crippen molar-refractivity contribution in [2.45, 2.75) is 26.3 Å². The van der Waals surface area contributed by atoms with E-state index in [1.807, 2.05) is 32.0 Å². The second kappa shape index (κ2) is 5.30. The Bertz CT molecular complexity index is 381. The number of carboxylic acid groups (broad SMARTS) is 1. The van der Waals surface area contributed by atoms with Crippen LogP contribution in [0.1, 0.15) is 29.2 Å². The second-order valence-electron chi connectivity index (χ2n) is 3.74. The van der Waals surface area contributed by atoms with Crippen molar-refractivity contribution in [3.8, 4) is 0 Å². The number of hydrogen-bond donors (Lipinski definition) is 2. The molecule has 0 aromatic heterocycles. The van der Waals surface area contributed by atoms with Crippen LogP contribution in [-0.2, 0) is 9.59 Å². The molecule has 1 rings (SSSR count). The summed E-state index contributed by atoms with van der Waals surface area (Å²) in [5.41, 5.74) is 2.86. The smallest absolute Gasteiger partial charge is 0.305 e. The van der Waals surface area contributed by atoms with Crippen LogP contribution in [0.5, 0.6) is 0 Å². The molecule has 1 amide bonds. The second-order valence-corrected chi connectivity index (χ2v) is 3.74. The molecular formula is C12H15NO3. The third-order valence-corrected chi connectivity index (χ3v) is 2.54. The van der Waals surface area contributed by atoms with Gasteiger partial charge < -0.3 is 10.4 Å². The minimum absolute atomic E-state index is 0.107. The van der Waals surface area contributed by atoms with Gasteiger partial charge in [-0.25, -0.2) is 0 Å². The highest BCUT2D eigenvalue weighted by atomic mass is 16.4. The predicted octanol–water partition coefficient (Wildman–Crippen LogP) is 1.57. The number of nitrogens with one attached hydrogen (secondary N) is 1. The molecule has 0 saturated carbocycles. The van der Waals surface area contributed by atoms with Gasteiger partial charge in [0.2, 0.25) is 6.41 Å². The SMILES string of the molecule is Cc1cccc(C)c1[C@@H](CC(=O)O)NC=O. The van der Waals surface area contributed by atoms with Gasteiger partial charge in [-0.2, -0.15) is 0 Å². The van der Waals surface area contributed by atoms with E-state index in [4.69, 9.17) is 5.11 Å². The normalized spacial score (nSPS) is 11.9. The van der Waals surface area contributed by atoms with Crippen LogP contribution in [0.3, 0.4) is 0 Å². The Labute approximate surface area is 94.3 Å². The van der Waals surface area contributed by atoms with E-state index in [1.165, 1.54) is 0 Å². The minimum atomic E-state index is -0.929. The molecule has 0 heterocycles. The van der Waals surface area contributed by atoms with Gasteiger partial charge in [0.25, 0.3) is 0 Å². The Morgan fingerprint density at radius 2 is 2.00 bits per heavy atom. The number of hydrogen-bond acceptors (Lipinski definition) is 2. The maximum absolute atomic E-state index is 10.7. The van der Waals surface area contributed by atoms with Crippen molar-refractivity contribution in [2.75, 3.05) is 0 Å². The summed E-state index contributed by atoms with van der Waals surface area (Å²) in [4.78, 5) is 21.2. The van der Waals surface area contributed by atoms with Crippen molar-refractivity contribution in [1.82, 2.24) is 5.32 Å². The molecule has 0 fully saturated rings. The number of carbonyl (C=O) groups is 2. The highest BCUT2D eigenvalue weighted by Gasteiger charge is 2.18. The van der Waals surface area contributed by atoms with E-state index in [2.05, 4.69) is 5.32 Å². The molecule has 0 aliphatic rings. The van der Waals surface area contributed by atoms with Gasteiger partial charge in [0.05, 0.1) is 12.5 Å². The van der Waals surface area contributed by atoms with E-state index in [-0.39, 0.29) is 6.42 Å². The fourth-order valence-electron chi connectivity index (χ4n) is 1.88. The van der Waals surface area contributed by atoms with Gasteiger partial charge in [-0.1, -0.05) is 18.2 Å². The average molecular weight is 221 g/mol. The van der Waals surface area contributed by atoms with E-state index in [9.17, 15) is 9.59 Å². The van der Waals surface area contributed by atoms with E-state index in [0.717, 1.165) is 16.7 Å². The minimum Gasteiger partial charge on any atom is -0.481 e. The van der Waals surface area contributed by atoms with Crippen LogP contribution in [-0.4, -0.2) is 17.5 Å². The molecule has 0 bridgehead atoms. The Morgan fingerprint density at radius 1 is 1.44 bits per heavy atom. The molecule has 0 saturated heterocycles. The van der Waals surface area contributed by atoms with Gasteiger partial charge in [0.15, 0.2) is 0 Å². The summed E-state index contributed by atoms with van der Waals surface area (Å²) in [5.74, 6) is -0.929. The van der Waals surface area contributed by atoms with Gasteiger partial charge in [-0.05, 0) is 30.5 Å². The summed E-state index contributed by atoms with van der Waals surface area (Å²) in [5, 5.41) is 11.3. The Hall–Kier alpha value is -1.84. The highest BCUT2D eigenvalue weighted by Crippen LogP contribution is 2.24. The van der Waals surface area contributed by atoms with Crippen molar-refractivity contribution in [3.63, 3.8) is 0 Å². The molecule has 16 heavy (non-hydrogen) atoms. The lowest BCUT2D eigenvalue weighted by molar-refractivity contribution is -0.137. The lowest BCUT2D eigenvalue weighted by Gasteiger charge is -2.19. The first kappa shape index (κ1) is 12.2. The Kier molecular flexibility index (Phi) is 4.05. The van der Waals surface area contributed by atoms with Crippen LogP contribution in [0.15, 0.2) is 18.2 Å². The van der Waals surface area contributed by atoms with Crippen LogP contribution < -0.4 is 5.32 Å². The summed E-state index contributed by atoms with van der Waals surface area (Å²) < 4.78 is 0. The molecule has 0 spiro atoms. The van der Waals surface area contributed by atoms with E-state index in [0.29, 0.717) is 6.41 Å². The van der Waals surface area contributed by atoms with E-state index in [1.54, 1.807) is 0 Å². The van der Waals surface area contributed by atoms with Gasteiger partial charge in [-0.15, -0.1) is 0 Å². The summed E-state index contributed by atoms with van der Waals surface area (Å²) in [6.07, 6.45) is 0.434. The fraction of sp³-hybridized carbons (Fsp3) is 0.333. The molecule has 0 aliphatic carbocycles. The van der Waals surface area contributed by atoms with Crippen LogP contribution in [0.25, 0.3) is 0 Å². The summed E-state index contributed by atoms with van der Waals surface area (Å²) in [6.45, 7) is 3.81. The molecule has 86 valence electrons. The number of aryl methyl sites for hydroxylation is 2. The molecule has 4 heteroatoms. The molecule has 0 unspecified atom stereocenters. The third kappa shape index (κ3) is 2.82. The van der Waals surface area contributed by atoms with Crippen molar-refractivity contribution in [1.29, 1.82) is 0 Å². The zero-order valence-electron chi connectivity index (χ0n) is 9.36. The maximum Gasteiger partial charge on any atom is 0.305 e. The standard InChI is InChI=1S/C12H15NO3/c1-8-4-3-5-9(2)12(8)10(13-7-14)6-11(15)16/h3-5,7,10H,6H2,1-2H3,(H,13,14)(H,15,16)/t10-/m1/s1. The third-order valence-electron chi connectivity index (χ3n) is 2.54. The molecule has 4 nitrogen and oxygen atoms in total. The van der Waals surface area contributed by atoms with Gasteiger partial charge in [0, 0.05) is 0 Å². The van der Waals surface area contributed by atoms with Crippen LogP contribution in [0.2, 0.25) is 0 Å². The zero-order chi connectivity index (χ0) is 12.1. The van der Waals surface area contributed by atoms with Crippen LogP contribution in [0.4, 0.5) is 0 Å². The van der Waals surface area contributed by atoms with Gasteiger partial charge in [-0.3, -0.25) is 9.59 Å². The molecule has 0 radical (unpaired) electrons. The predicted molar refractivity (Wildman–Crippen MR) is 60.1 cm³/mol. The highest BCUT2D eigenvalue weighted by molar-refractivity contribution is 5.69. The summed E-state index contributed by atoms with van der Waals surface area (Å²) in [7, 11) is 0. The Balaban J connectivity index is 3.09. The molecule has 0 aliphatic heterocycles. The zero-order valence-corrected chi connectivity index (χ0v) is 9.36. The largest absolute Gasteiger partial charge is 0.481 e. The number of rotatable bonds is 5. The first-order valence-electron chi connectivity index (χ1n) is 5.04. The first-order valence-corrected chi connectivity index (χ1v) is 5.04. The topological polar surface area (TPSA) is 66.4 Å². The van der Waals surface area contributed by atoms with Gasteiger partial charge >= 0.3 is 5.97 Å². The van der Waals surface area contributed by atoms with Crippen molar-refractivity contribution in [3.05, 3.63) is 34.9 Å². The number of carbonyl (C=O) groups excluding carboxylic acids is 1. The van der Waals surface area contributed by atoms with Crippen LogP contribution >= 0.6 is 0 Å². The number of benzene rings is 1. The lowest BCUT2D eigenvalue weighted by Crippen LogP contribution is -2.24. The maximum atomic E-state index is 10.7. The quantitative estimate of drug-likeness (QED) is 0.741. The molecule has 1 atom stereocenters. The molecule has 2 N–H and O–H groups in total. The molecular weight excluding hydrogens is 206 g/mol. The summed E-state index contributed by atoms with van der Waals surface area (Å²) in [6, 6.07) is 5.26. The van der Waals surface area contributed by atoms with Crippen molar-refractivity contribution >= 4 is 12.4 Å². The lowest BCUT2D eigenvalue weighted by atomic mass is 9.94. The van der Waals surface area contributed by atoms with Crippen molar-refractivity contribution in [2.24, 2.45) is 0 Å². The van der Waals surface area contributed by atoms with E-state index < -0.39 is 12.0 Å². The number of carboxylic acids is 1. The molecule has 1 aromatic carbocycles. The first-order chi connectivity index (χ1) is 7.56. The van der Waals surface area contributed by atoms with Crippen LogP contribution in [0, 0.1) is 13.8 Å². The summed E-state index contributed by atoms with van der Waals surface area (Å²) >= 11 is 0. The average Bonchev–Trinajstić information content (AvgIpc) is 2.16. The van der Waals surface area contributed by atoms with E-state index >= 15 is 0 Å². The monoisotopic (exact) mass is 221 g/mol. The fourth-order valence-corrected chi connectivity index (χ4v) is 1.88. The van der Waals surface area contributed by atoms with Gasteiger partial charge in [0.1, 0.15) is 0 Å². The number of aliphatic carboxylic acids is 1. The molecule has 1 aromatic rings. The van der Waals surface area contributed by atoms with Crippen molar-refractivity contribution < 1.29 is 14.7 Å².